The van der Waals surface area contributed by atoms with E-state index in [0.29, 0.717) is 17.8 Å². The van der Waals surface area contributed by atoms with Crippen LogP contribution in [-0.4, -0.2) is 41.3 Å². The summed E-state index contributed by atoms with van der Waals surface area (Å²) >= 11 is 0. The number of nitrogens with one attached hydrogen (secondary N) is 1. The molecule has 0 saturated carbocycles. The average molecular weight is 224 g/mol. The van der Waals surface area contributed by atoms with Crippen LogP contribution in [0.5, 0.6) is 0 Å². The predicted molar refractivity (Wildman–Crippen MR) is 61.1 cm³/mol. The van der Waals surface area contributed by atoms with Gasteiger partial charge in [0.2, 0.25) is 11.8 Å². The van der Waals surface area contributed by atoms with Gasteiger partial charge in [-0.1, -0.05) is 20.8 Å². The predicted octanol–water partition coefficient (Wildman–Crippen LogP) is 0.771. The Hall–Kier alpha value is -0.940. The molecule has 2 heterocycles. The number of likely N-dealkylation sites (N-methyl/N-ethyl adjacent to an activating group) is 1. The van der Waals surface area contributed by atoms with E-state index in [1.807, 2.05) is 0 Å². The molecular formula is C11H20N4O. The Morgan fingerprint density at radius 1 is 1.38 bits per heavy atom. The molecule has 0 radical (unpaired) electrons. The van der Waals surface area contributed by atoms with Crippen LogP contribution in [0.1, 0.15) is 32.6 Å². The highest BCUT2D eigenvalue weighted by molar-refractivity contribution is 4.96. The fourth-order valence-corrected chi connectivity index (χ4v) is 1.55. The minimum atomic E-state index is -0.0676. The number of hydrogen-bond donors (Lipinski definition) is 1. The fourth-order valence-electron chi connectivity index (χ4n) is 1.55. The van der Waals surface area contributed by atoms with Crippen LogP contribution in [-0.2, 0) is 12.0 Å². The lowest BCUT2D eigenvalue weighted by Crippen LogP contribution is -2.55. The van der Waals surface area contributed by atoms with Crippen molar-refractivity contribution in [2.24, 2.45) is 0 Å². The first-order chi connectivity index (χ1) is 7.47. The third-order valence-corrected chi connectivity index (χ3v) is 2.88. The molecule has 1 N–H and O–H groups in total. The highest BCUT2D eigenvalue weighted by Gasteiger charge is 2.25. The summed E-state index contributed by atoms with van der Waals surface area (Å²) in [6.07, 6.45) is 0. The van der Waals surface area contributed by atoms with E-state index in [2.05, 4.69) is 48.2 Å². The zero-order valence-corrected chi connectivity index (χ0v) is 10.4. The van der Waals surface area contributed by atoms with Crippen molar-refractivity contribution in [2.75, 3.05) is 20.1 Å². The molecule has 16 heavy (non-hydrogen) atoms. The van der Waals surface area contributed by atoms with E-state index in [9.17, 15) is 0 Å². The maximum Gasteiger partial charge on any atom is 0.230 e. The van der Waals surface area contributed by atoms with Crippen LogP contribution in [0.3, 0.4) is 0 Å². The molecule has 0 aromatic carbocycles. The number of hydrogen-bond acceptors (Lipinski definition) is 5. The summed E-state index contributed by atoms with van der Waals surface area (Å²) in [5.74, 6) is 1.42. The quantitative estimate of drug-likeness (QED) is 0.822. The van der Waals surface area contributed by atoms with Crippen LogP contribution in [0.25, 0.3) is 0 Å². The second kappa shape index (κ2) is 4.14. The van der Waals surface area contributed by atoms with E-state index < -0.39 is 0 Å². The van der Waals surface area contributed by atoms with Crippen molar-refractivity contribution in [3.8, 4) is 0 Å². The Balaban J connectivity index is 1.97. The molecule has 1 fully saturated rings. The van der Waals surface area contributed by atoms with E-state index in [1.165, 1.54) is 0 Å². The van der Waals surface area contributed by atoms with Crippen LogP contribution in [0, 0.1) is 0 Å². The van der Waals surface area contributed by atoms with Gasteiger partial charge in [0.1, 0.15) is 0 Å². The lowest BCUT2D eigenvalue weighted by molar-refractivity contribution is 0.157. The molecule has 0 spiro atoms. The van der Waals surface area contributed by atoms with Gasteiger partial charge in [0, 0.05) is 24.5 Å². The largest absolute Gasteiger partial charge is 0.423 e. The minimum absolute atomic E-state index is 0.0676. The van der Waals surface area contributed by atoms with Crippen LogP contribution in [0.15, 0.2) is 4.42 Å². The van der Waals surface area contributed by atoms with Crippen LogP contribution in [0.2, 0.25) is 0 Å². The molecule has 1 aliphatic rings. The van der Waals surface area contributed by atoms with E-state index in [0.717, 1.165) is 19.6 Å². The SMILES string of the molecule is CN(Cc1nnc(C(C)(C)C)o1)C1CNC1. The first kappa shape index (κ1) is 11.5. The van der Waals surface area contributed by atoms with Gasteiger partial charge in [-0.2, -0.15) is 0 Å². The summed E-state index contributed by atoms with van der Waals surface area (Å²) in [6.45, 7) is 9.06. The summed E-state index contributed by atoms with van der Waals surface area (Å²) < 4.78 is 5.65. The molecule has 0 atom stereocenters. The smallest absolute Gasteiger partial charge is 0.230 e. The Morgan fingerprint density at radius 3 is 2.50 bits per heavy atom. The van der Waals surface area contributed by atoms with Gasteiger partial charge in [-0.25, -0.2) is 0 Å². The summed E-state index contributed by atoms with van der Waals surface area (Å²) in [5, 5.41) is 11.4. The Bertz CT molecular complexity index is 351. The molecule has 1 saturated heterocycles. The van der Waals surface area contributed by atoms with Crippen LogP contribution in [0.4, 0.5) is 0 Å². The molecule has 0 bridgehead atoms. The molecule has 90 valence electrons. The zero-order valence-electron chi connectivity index (χ0n) is 10.4. The maximum atomic E-state index is 5.65. The minimum Gasteiger partial charge on any atom is -0.423 e. The van der Waals surface area contributed by atoms with Gasteiger partial charge < -0.3 is 9.73 Å². The normalized spacial score (nSPS) is 17.8. The molecule has 2 rings (SSSR count). The molecule has 1 aromatic heterocycles. The molecule has 0 amide bonds. The second-order valence-corrected chi connectivity index (χ2v) is 5.48. The highest BCUT2D eigenvalue weighted by Crippen LogP contribution is 2.20. The lowest BCUT2D eigenvalue weighted by Gasteiger charge is -2.34. The van der Waals surface area contributed by atoms with Crippen molar-refractivity contribution >= 4 is 0 Å². The van der Waals surface area contributed by atoms with Crippen molar-refractivity contribution in [1.29, 1.82) is 0 Å². The number of rotatable bonds is 3. The van der Waals surface area contributed by atoms with Crippen LogP contribution < -0.4 is 5.32 Å². The van der Waals surface area contributed by atoms with Crippen molar-refractivity contribution in [1.82, 2.24) is 20.4 Å². The van der Waals surface area contributed by atoms with Crippen molar-refractivity contribution in [3.63, 3.8) is 0 Å². The van der Waals surface area contributed by atoms with Crippen molar-refractivity contribution in [2.45, 2.75) is 38.8 Å². The molecule has 5 heteroatoms. The molecule has 1 aliphatic heterocycles. The van der Waals surface area contributed by atoms with Crippen molar-refractivity contribution < 1.29 is 4.42 Å². The third kappa shape index (κ3) is 2.41. The van der Waals surface area contributed by atoms with Gasteiger partial charge in [-0.3, -0.25) is 4.90 Å². The van der Waals surface area contributed by atoms with Gasteiger partial charge in [0.15, 0.2) is 0 Å². The third-order valence-electron chi connectivity index (χ3n) is 2.88. The van der Waals surface area contributed by atoms with Crippen LogP contribution >= 0.6 is 0 Å². The number of nitrogens with zero attached hydrogens (tertiary/aromatic N) is 3. The Morgan fingerprint density at radius 2 is 2.06 bits per heavy atom. The monoisotopic (exact) mass is 224 g/mol. The second-order valence-electron chi connectivity index (χ2n) is 5.48. The lowest BCUT2D eigenvalue weighted by atomic mass is 9.97. The van der Waals surface area contributed by atoms with Gasteiger partial charge in [-0.05, 0) is 7.05 Å². The van der Waals surface area contributed by atoms with E-state index in [4.69, 9.17) is 4.42 Å². The maximum absolute atomic E-state index is 5.65. The van der Waals surface area contributed by atoms with E-state index in [-0.39, 0.29) is 5.41 Å². The van der Waals surface area contributed by atoms with Gasteiger partial charge in [0.25, 0.3) is 0 Å². The topological polar surface area (TPSA) is 54.2 Å². The first-order valence-electron chi connectivity index (χ1n) is 5.70. The van der Waals surface area contributed by atoms with Gasteiger partial charge in [0.05, 0.1) is 6.54 Å². The summed E-state index contributed by atoms with van der Waals surface area (Å²) in [5.41, 5.74) is -0.0676. The molecular weight excluding hydrogens is 204 g/mol. The molecule has 0 aliphatic carbocycles. The Kier molecular flexibility index (Phi) is 2.99. The van der Waals surface area contributed by atoms with Gasteiger partial charge >= 0.3 is 0 Å². The standard InChI is InChI=1S/C11H20N4O/c1-11(2,3)10-14-13-9(16-10)7-15(4)8-5-12-6-8/h8,12H,5-7H2,1-4H3. The van der Waals surface area contributed by atoms with E-state index >= 15 is 0 Å². The molecule has 1 aromatic rings. The summed E-state index contributed by atoms with van der Waals surface area (Å²) in [7, 11) is 2.09. The molecule has 0 unspecified atom stereocenters. The van der Waals surface area contributed by atoms with Crippen molar-refractivity contribution in [3.05, 3.63) is 11.8 Å². The van der Waals surface area contributed by atoms with E-state index in [1.54, 1.807) is 0 Å². The number of aromatic nitrogens is 2. The molecule has 5 nitrogen and oxygen atoms in total. The summed E-state index contributed by atoms with van der Waals surface area (Å²) in [6, 6.07) is 0.602. The average Bonchev–Trinajstić information content (AvgIpc) is 2.47. The Labute approximate surface area is 96.2 Å². The summed E-state index contributed by atoms with van der Waals surface area (Å²) in [4.78, 5) is 2.25. The van der Waals surface area contributed by atoms with Gasteiger partial charge in [-0.15, -0.1) is 10.2 Å². The first-order valence-corrected chi connectivity index (χ1v) is 5.70. The fraction of sp³-hybridized carbons (Fsp3) is 0.818. The highest BCUT2D eigenvalue weighted by atomic mass is 16.4. The zero-order chi connectivity index (χ0) is 11.8.